The number of carbonyl (C=O) groups excluding carboxylic acids is 3. The van der Waals surface area contributed by atoms with Crippen LogP contribution in [0.1, 0.15) is 16.7 Å². The van der Waals surface area contributed by atoms with Crippen molar-refractivity contribution in [3.63, 3.8) is 0 Å². The van der Waals surface area contributed by atoms with Crippen LogP contribution in [0.15, 0.2) is 84.9 Å². The second kappa shape index (κ2) is 12.6. The summed E-state index contributed by atoms with van der Waals surface area (Å²) < 4.78 is 10.9. The highest BCUT2D eigenvalue weighted by molar-refractivity contribution is 5.88. The molecule has 0 saturated carbocycles. The molecule has 0 heterocycles. The van der Waals surface area contributed by atoms with Gasteiger partial charge in [0.1, 0.15) is 31.5 Å². The minimum Gasteiger partial charge on any atom is -0.489 e. The zero-order valence-electron chi connectivity index (χ0n) is 18.6. The van der Waals surface area contributed by atoms with Crippen molar-refractivity contribution in [3.05, 3.63) is 102 Å². The Morgan fingerprint density at radius 1 is 0.794 bits per heavy atom. The summed E-state index contributed by atoms with van der Waals surface area (Å²) in [5.74, 6) is -0.605. The third-order valence-electron chi connectivity index (χ3n) is 4.87. The minimum atomic E-state index is -0.945. The Labute approximate surface area is 198 Å². The van der Waals surface area contributed by atoms with Crippen molar-refractivity contribution in [2.45, 2.75) is 25.7 Å². The highest BCUT2D eigenvalue weighted by Crippen LogP contribution is 2.16. The average Bonchev–Trinajstić information content (AvgIpc) is 2.86. The van der Waals surface area contributed by atoms with Crippen LogP contribution in [0, 0.1) is 0 Å². The van der Waals surface area contributed by atoms with Crippen LogP contribution in [0.4, 0.5) is 4.79 Å². The molecule has 0 unspecified atom stereocenters. The van der Waals surface area contributed by atoms with Crippen LogP contribution in [0.25, 0.3) is 0 Å². The number of nitrogens with one attached hydrogen (secondary N) is 2. The summed E-state index contributed by atoms with van der Waals surface area (Å²) >= 11 is 0. The van der Waals surface area contributed by atoms with Gasteiger partial charge in [-0.15, -0.1) is 0 Å². The van der Waals surface area contributed by atoms with E-state index in [9.17, 15) is 14.4 Å². The summed E-state index contributed by atoms with van der Waals surface area (Å²) in [5.41, 5.74) is 8.10. The highest BCUT2D eigenvalue weighted by atomic mass is 16.5. The summed E-state index contributed by atoms with van der Waals surface area (Å²) in [4.78, 5) is 36.0. The maximum Gasteiger partial charge on any atom is 0.407 e. The number of amides is 3. The van der Waals surface area contributed by atoms with Gasteiger partial charge in [0.2, 0.25) is 11.8 Å². The van der Waals surface area contributed by atoms with E-state index in [4.69, 9.17) is 15.2 Å². The van der Waals surface area contributed by atoms with Gasteiger partial charge in [0.15, 0.2) is 0 Å². The molecule has 0 saturated heterocycles. The average molecular weight is 462 g/mol. The third-order valence-corrected chi connectivity index (χ3v) is 4.87. The van der Waals surface area contributed by atoms with Gasteiger partial charge in [-0.3, -0.25) is 9.59 Å². The van der Waals surface area contributed by atoms with Gasteiger partial charge in [-0.05, 0) is 28.8 Å². The lowest BCUT2D eigenvalue weighted by molar-refractivity contribution is -0.126. The van der Waals surface area contributed by atoms with Crippen LogP contribution >= 0.6 is 0 Å². The molecule has 34 heavy (non-hydrogen) atoms. The number of nitrogens with two attached hydrogens (primary N) is 1. The van der Waals surface area contributed by atoms with Gasteiger partial charge in [0.25, 0.3) is 0 Å². The van der Waals surface area contributed by atoms with E-state index in [0.717, 1.165) is 16.7 Å². The predicted octanol–water partition coefficient (Wildman–Crippen LogP) is 2.70. The lowest BCUT2D eigenvalue weighted by atomic mass is 10.0. The highest BCUT2D eigenvalue weighted by Gasteiger charge is 2.19. The molecule has 3 amide bonds. The maximum absolute atomic E-state index is 12.2. The van der Waals surface area contributed by atoms with Crippen molar-refractivity contribution >= 4 is 17.9 Å². The van der Waals surface area contributed by atoms with Crippen LogP contribution in [0.2, 0.25) is 0 Å². The topological polar surface area (TPSA) is 120 Å². The Kier molecular flexibility index (Phi) is 9.04. The molecular weight excluding hydrogens is 434 g/mol. The molecule has 1 atom stereocenters. The van der Waals surface area contributed by atoms with Crippen LogP contribution in [-0.2, 0) is 34.0 Å². The Bertz CT molecular complexity index is 1090. The zero-order chi connectivity index (χ0) is 24.2. The zero-order valence-corrected chi connectivity index (χ0v) is 18.6. The van der Waals surface area contributed by atoms with E-state index in [1.807, 2.05) is 72.8 Å². The lowest BCUT2D eigenvalue weighted by Crippen LogP contribution is -2.49. The van der Waals surface area contributed by atoms with E-state index in [2.05, 4.69) is 10.6 Å². The molecule has 8 heteroatoms. The van der Waals surface area contributed by atoms with E-state index < -0.39 is 23.9 Å². The van der Waals surface area contributed by atoms with Crippen molar-refractivity contribution in [3.8, 4) is 5.75 Å². The Morgan fingerprint density at radius 2 is 1.41 bits per heavy atom. The van der Waals surface area contributed by atoms with Crippen molar-refractivity contribution in [2.24, 2.45) is 5.73 Å². The molecular formula is C26H27N3O5. The number of hydrogen-bond acceptors (Lipinski definition) is 5. The third kappa shape index (κ3) is 8.31. The summed E-state index contributed by atoms with van der Waals surface area (Å²) in [6.07, 6.45) is -0.555. The fraction of sp³-hybridized carbons (Fsp3) is 0.192. The Hall–Kier alpha value is -4.33. The van der Waals surface area contributed by atoms with Gasteiger partial charge in [0.05, 0.1) is 0 Å². The molecule has 0 aliphatic heterocycles. The maximum atomic E-state index is 12.2. The van der Waals surface area contributed by atoms with E-state index in [1.165, 1.54) is 0 Å². The minimum absolute atomic E-state index is 0.0842. The molecule has 0 bridgehead atoms. The molecule has 0 radical (unpaired) electrons. The first-order valence-electron chi connectivity index (χ1n) is 10.8. The molecule has 0 aliphatic rings. The second-order valence-electron chi connectivity index (χ2n) is 7.56. The molecule has 3 aromatic rings. The smallest absolute Gasteiger partial charge is 0.407 e. The van der Waals surface area contributed by atoms with Crippen molar-refractivity contribution in [2.75, 3.05) is 6.54 Å². The van der Waals surface area contributed by atoms with Gasteiger partial charge < -0.3 is 25.8 Å². The van der Waals surface area contributed by atoms with Gasteiger partial charge in [-0.2, -0.15) is 0 Å². The number of rotatable bonds is 11. The summed E-state index contributed by atoms with van der Waals surface area (Å²) in [7, 11) is 0. The van der Waals surface area contributed by atoms with E-state index in [-0.39, 0.29) is 19.6 Å². The summed E-state index contributed by atoms with van der Waals surface area (Å²) in [6, 6.07) is 25.2. The molecule has 0 spiro atoms. The van der Waals surface area contributed by atoms with Crippen molar-refractivity contribution in [1.82, 2.24) is 10.6 Å². The number of ether oxygens (including phenoxy) is 2. The normalized spacial score (nSPS) is 11.2. The first kappa shape index (κ1) is 24.3. The molecule has 8 nitrogen and oxygen atoms in total. The second-order valence-corrected chi connectivity index (χ2v) is 7.56. The van der Waals surface area contributed by atoms with Crippen LogP contribution in [0.5, 0.6) is 5.75 Å². The summed E-state index contributed by atoms with van der Waals surface area (Å²) in [5, 5.41) is 4.90. The van der Waals surface area contributed by atoms with Gasteiger partial charge in [-0.1, -0.05) is 72.8 Å². The first-order chi connectivity index (χ1) is 16.5. The van der Waals surface area contributed by atoms with E-state index in [0.29, 0.717) is 12.4 Å². The molecule has 0 aliphatic carbocycles. The molecule has 4 N–H and O–H groups in total. The number of benzene rings is 3. The number of alkyl carbamates (subject to hydrolysis) is 1. The number of primary amides is 1. The number of hydrogen-bond donors (Lipinski definition) is 3. The standard InChI is InChI=1S/C26H27N3O5/c27-25(31)23(29-24(30)16-28-26(32)34-18-20-10-5-2-6-11-20)15-21-12-7-13-22(14-21)33-17-19-8-3-1-4-9-19/h1-14,23H,15-18H2,(H2,27,31)(H,28,32)(H,29,30)/t23-/m1/s1. The van der Waals surface area contributed by atoms with Crippen LogP contribution in [0.3, 0.4) is 0 Å². The Morgan fingerprint density at radius 3 is 2.06 bits per heavy atom. The SMILES string of the molecule is NC(=O)[C@@H](Cc1cccc(OCc2ccccc2)c1)NC(=O)CNC(=O)OCc1ccccc1. The fourth-order valence-corrected chi connectivity index (χ4v) is 3.13. The van der Waals surface area contributed by atoms with E-state index in [1.54, 1.807) is 12.1 Å². The molecule has 0 aromatic heterocycles. The van der Waals surface area contributed by atoms with Crippen molar-refractivity contribution < 1.29 is 23.9 Å². The lowest BCUT2D eigenvalue weighted by Gasteiger charge is -2.16. The Balaban J connectivity index is 1.46. The largest absolute Gasteiger partial charge is 0.489 e. The molecule has 176 valence electrons. The van der Waals surface area contributed by atoms with Gasteiger partial charge in [-0.25, -0.2) is 4.79 Å². The molecule has 0 fully saturated rings. The summed E-state index contributed by atoms with van der Waals surface area (Å²) in [6.45, 7) is 0.144. The van der Waals surface area contributed by atoms with E-state index >= 15 is 0 Å². The number of carbonyl (C=O) groups is 3. The van der Waals surface area contributed by atoms with Gasteiger partial charge in [0, 0.05) is 6.42 Å². The van der Waals surface area contributed by atoms with Crippen LogP contribution < -0.4 is 21.1 Å². The first-order valence-corrected chi connectivity index (χ1v) is 10.8. The van der Waals surface area contributed by atoms with Crippen molar-refractivity contribution in [1.29, 1.82) is 0 Å². The monoisotopic (exact) mass is 461 g/mol. The predicted molar refractivity (Wildman–Crippen MR) is 127 cm³/mol. The van der Waals surface area contributed by atoms with Crippen LogP contribution in [-0.4, -0.2) is 30.5 Å². The quantitative estimate of drug-likeness (QED) is 0.406. The molecule has 3 aromatic carbocycles. The van der Waals surface area contributed by atoms with Gasteiger partial charge >= 0.3 is 6.09 Å². The molecule has 3 rings (SSSR count). The fourth-order valence-electron chi connectivity index (χ4n) is 3.13.